The van der Waals surface area contributed by atoms with Gasteiger partial charge < -0.3 is 31.9 Å². The molecule has 3 amide bonds. The highest BCUT2D eigenvalue weighted by atomic mass is 32.1. The second-order valence-corrected chi connectivity index (χ2v) is 11.4. The van der Waals surface area contributed by atoms with Gasteiger partial charge in [-0.05, 0) is 50.0 Å². The molecule has 220 valence electrons. The molecule has 0 bridgehead atoms. The van der Waals surface area contributed by atoms with Gasteiger partial charge in [0.15, 0.2) is 0 Å². The molecule has 2 aliphatic heterocycles. The second kappa shape index (κ2) is 14.2. The third-order valence-electron chi connectivity index (χ3n) is 7.09. The Bertz CT molecular complexity index is 1290. The van der Waals surface area contributed by atoms with Crippen molar-refractivity contribution < 1.29 is 14.4 Å². The fourth-order valence-electron chi connectivity index (χ4n) is 5.04. The lowest BCUT2D eigenvalue weighted by atomic mass is 9.96. The summed E-state index contributed by atoms with van der Waals surface area (Å²) in [4.78, 5) is 52.8. The molecular weight excluding hydrogens is 540 g/mol. The quantitative estimate of drug-likeness (QED) is 0.318. The largest absolute Gasteiger partial charge is 0.387 e. The highest BCUT2D eigenvalue weighted by Gasteiger charge is 2.26. The number of fused-ring (bicyclic) bond motifs is 1. The van der Waals surface area contributed by atoms with E-state index >= 15 is 0 Å². The molecule has 0 radical (unpaired) electrons. The maximum absolute atomic E-state index is 13.2. The first-order chi connectivity index (χ1) is 19.8. The first-order valence-corrected chi connectivity index (χ1v) is 15.1. The maximum atomic E-state index is 13.2. The number of carbonyl (C=O) groups is 3. The number of hydrogen-bond acceptors (Lipinski definition) is 9. The average molecular weight is 581 g/mol. The number of piperidine rings is 1. The zero-order valence-corrected chi connectivity index (χ0v) is 24.6. The molecule has 4 heterocycles. The number of pyridine rings is 1. The topological polar surface area (TPSA) is 159 Å². The van der Waals surface area contributed by atoms with Gasteiger partial charge in [-0.15, -0.1) is 11.3 Å². The molecule has 4 rings (SSSR count). The first-order valence-electron chi connectivity index (χ1n) is 14.3. The molecule has 0 unspecified atom stereocenters. The van der Waals surface area contributed by atoms with Crippen molar-refractivity contribution in [3.8, 4) is 0 Å². The summed E-state index contributed by atoms with van der Waals surface area (Å²) in [5, 5.41) is 5.77. The Morgan fingerprint density at radius 2 is 1.88 bits per heavy atom. The molecule has 1 saturated heterocycles. The van der Waals surface area contributed by atoms with E-state index in [1.165, 1.54) is 11.3 Å². The summed E-state index contributed by atoms with van der Waals surface area (Å²) >= 11 is 1.28. The summed E-state index contributed by atoms with van der Waals surface area (Å²) in [5.41, 5.74) is 13.4. The van der Waals surface area contributed by atoms with Crippen LogP contribution < -0.4 is 27.0 Å². The van der Waals surface area contributed by atoms with E-state index in [-0.39, 0.29) is 30.1 Å². The summed E-state index contributed by atoms with van der Waals surface area (Å²) < 4.78 is 0. The van der Waals surface area contributed by atoms with Gasteiger partial charge in [-0.2, -0.15) is 0 Å². The molecule has 41 heavy (non-hydrogen) atoms. The average Bonchev–Trinajstić information content (AvgIpc) is 3.30. The minimum absolute atomic E-state index is 0.00683. The van der Waals surface area contributed by atoms with E-state index in [9.17, 15) is 14.4 Å². The number of nitrogens with zero attached hydrogens (tertiary/aromatic N) is 4. The van der Waals surface area contributed by atoms with Gasteiger partial charge in [0.1, 0.15) is 11.7 Å². The Morgan fingerprint density at radius 3 is 2.51 bits per heavy atom. The zero-order valence-electron chi connectivity index (χ0n) is 23.8. The standard InChI is InChI=1S/C29H40N8O3S/c1-3-11-37(12-4-2)29(40)20-15-23-22(35-25(31)16-20)17-24(41-23)28(39)34-21-5-6-26(33-18-21)36-13-7-19(8-14-36)27(38)32-10-9-30/h5-6,15,17-19H,3-4,7-14,16,30H2,1-2H3,(H2,31,35)(H,32,38)(H,34,39). The second-order valence-electron chi connectivity index (χ2n) is 10.3. The van der Waals surface area contributed by atoms with Crippen molar-refractivity contribution in [2.24, 2.45) is 22.4 Å². The highest BCUT2D eigenvalue weighted by Crippen LogP contribution is 2.35. The smallest absolute Gasteiger partial charge is 0.265 e. The fraction of sp³-hybridized carbons (Fsp3) is 0.483. The Kier molecular flexibility index (Phi) is 10.5. The summed E-state index contributed by atoms with van der Waals surface area (Å²) in [6, 6.07) is 5.40. The summed E-state index contributed by atoms with van der Waals surface area (Å²) in [7, 11) is 0. The Hall–Kier alpha value is -3.77. The fourth-order valence-corrected chi connectivity index (χ4v) is 6.00. The number of nitrogens with one attached hydrogen (secondary N) is 2. The van der Waals surface area contributed by atoms with E-state index in [2.05, 4.69) is 39.4 Å². The Labute approximate surface area is 245 Å². The van der Waals surface area contributed by atoms with Crippen LogP contribution >= 0.6 is 11.3 Å². The van der Waals surface area contributed by atoms with E-state index in [4.69, 9.17) is 11.5 Å². The van der Waals surface area contributed by atoms with Crippen LogP contribution in [0.5, 0.6) is 0 Å². The predicted molar refractivity (Wildman–Crippen MR) is 165 cm³/mol. The van der Waals surface area contributed by atoms with Gasteiger partial charge in [0.2, 0.25) is 11.8 Å². The molecular formula is C29H40N8O3S. The van der Waals surface area contributed by atoms with Gasteiger partial charge >= 0.3 is 0 Å². The van der Waals surface area contributed by atoms with Crippen molar-refractivity contribution in [1.29, 1.82) is 0 Å². The molecule has 2 aromatic heterocycles. The predicted octanol–water partition coefficient (Wildman–Crippen LogP) is 3.11. The van der Waals surface area contributed by atoms with E-state index in [1.807, 2.05) is 23.1 Å². The molecule has 0 atom stereocenters. The number of rotatable bonds is 11. The summed E-state index contributed by atoms with van der Waals surface area (Å²) in [6.45, 7) is 7.87. The Balaban J connectivity index is 1.39. The molecule has 12 heteroatoms. The number of aromatic nitrogens is 1. The number of carbonyl (C=O) groups excluding carboxylic acids is 3. The van der Waals surface area contributed by atoms with Gasteiger partial charge in [0.05, 0.1) is 27.3 Å². The van der Waals surface area contributed by atoms with E-state index < -0.39 is 0 Å². The van der Waals surface area contributed by atoms with E-state index in [0.717, 1.165) is 49.5 Å². The molecule has 0 spiro atoms. The van der Waals surface area contributed by atoms with Crippen molar-refractivity contribution in [3.63, 3.8) is 0 Å². The third kappa shape index (κ3) is 7.70. The molecule has 2 aromatic rings. The SMILES string of the molecule is CCCN(CCC)C(=O)C1=Cc2sc(C(=O)Nc3ccc(N4CCC(C(=O)NCCN)CC4)nc3)cc2N=C(N)C1. The van der Waals surface area contributed by atoms with Crippen molar-refractivity contribution in [2.45, 2.75) is 46.0 Å². The first kappa shape index (κ1) is 30.2. The minimum atomic E-state index is -0.282. The van der Waals surface area contributed by atoms with Gasteiger partial charge in [-0.3, -0.25) is 14.4 Å². The number of amides is 3. The maximum Gasteiger partial charge on any atom is 0.265 e. The van der Waals surface area contributed by atoms with E-state index in [0.29, 0.717) is 53.8 Å². The van der Waals surface area contributed by atoms with E-state index in [1.54, 1.807) is 12.3 Å². The van der Waals surface area contributed by atoms with Crippen molar-refractivity contribution in [3.05, 3.63) is 39.7 Å². The lowest BCUT2D eigenvalue weighted by Crippen LogP contribution is -2.42. The zero-order chi connectivity index (χ0) is 29.4. The normalized spacial score (nSPS) is 15.3. The van der Waals surface area contributed by atoms with Gasteiger partial charge in [-0.1, -0.05) is 13.8 Å². The number of aliphatic imine (C=N–C) groups is 1. The summed E-state index contributed by atoms with van der Waals surface area (Å²) in [5.74, 6) is 0.890. The lowest BCUT2D eigenvalue weighted by Gasteiger charge is -2.32. The summed E-state index contributed by atoms with van der Waals surface area (Å²) in [6.07, 6.45) is 6.99. The minimum Gasteiger partial charge on any atom is -0.387 e. The molecule has 0 aromatic carbocycles. The lowest BCUT2D eigenvalue weighted by molar-refractivity contribution is -0.127. The molecule has 6 N–H and O–H groups in total. The third-order valence-corrected chi connectivity index (χ3v) is 8.16. The molecule has 0 aliphatic carbocycles. The van der Waals surface area contributed by atoms with Gasteiger partial charge in [-0.25, -0.2) is 9.98 Å². The van der Waals surface area contributed by atoms with Gasteiger partial charge in [0.25, 0.3) is 5.91 Å². The van der Waals surface area contributed by atoms with Crippen LogP contribution in [0.1, 0.15) is 60.5 Å². The number of thiophene rings is 1. The van der Waals surface area contributed by atoms with Gasteiger partial charge in [0, 0.05) is 57.2 Å². The van der Waals surface area contributed by atoms with Crippen LogP contribution in [0.15, 0.2) is 35.0 Å². The Morgan fingerprint density at radius 1 is 1.15 bits per heavy atom. The van der Waals surface area contributed by atoms with Crippen LogP contribution in [-0.2, 0) is 9.59 Å². The number of hydrogen-bond donors (Lipinski definition) is 4. The number of nitrogens with two attached hydrogens (primary N) is 2. The monoisotopic (exact) mass is 580 g/mol. The van der Waals surface area contributed by atoms with Crippen molar-refractivity contribution in [2.75, 3.05) is 49.5 Å². The van der Waals surface area contributed by atoms with Crippen LogP contribution in [0.3, 0.4) is 0 Å². The van der Waals surface area contributed by atoms with Crippen molar-refractivity contribution >= 4 is 58.2 Å². The molecule has 1 fully saturated rings. The highest BCUT2D eigenvalue weighted by molar-refractivity contribution is 7.15. The van der Waals surface area contributed by atoms with Crippen LogP contribution in [0.2, 0.25) is 0 Å². The van der Waals surface area contributed by atoms with Crippen LogP contribution in [0, 0.1) is 5.92 Å². The van der Waals surface area contributed by atoms with Crippen molar-refractivity contribution in [1.82, 2.24) is 15.2 Å². The van der Waals surface area contributed by atoms with Crippen LogP contribution in [0.4, 0.5) is 17.2 Å². The van der Waals surface area contributed by atoms with Crippen LogP contribution in [-0.4, -0.2) is 72.7 Å². The molecule has 0 saturated carbocycles. The number of anilines is 2. The molecule has 2 aliphatic rings. The molecule has 11 nitrogen and oxygen atoms in total. The van der Waals surface area contributed by atoms with Crippen LogP contribution in [0.25, 0.3) is 6.08 Å². The number of amidine groups is 1.